The number of unbranched alkanes of at least 4 members (excludes halogenated alkanes) is 2. The maximum absolute atomic E-state index is 10.2. The van der Waals surface area contributed by atoms with Crippen LogP contribution >= 0.6 is 0 Å². The molecule has 0 aromatic heterocycles. The van der Waals surface area contributed by atoms with E-state index < -0.39 is 0 Å². The molecular weight excluding hydrogens is 268 g/mol. The third-order valence-electron chi connectivity index (χ3n) is 4.20. The van der Waals surface area contributed by atoms with Gasteiger partial charge < -0.3 is 5.11 Å². The fraction of sp³-hybridized carbons (Fsp3) is 0.429. The average Bonchev–Trinajstić information content (AvgIpc) is 2.51. The highest BCUT2D eigenvalue weighted by Gasteiger charge is 2.08. The first-order valence-electron chi connectivity index (χ1n) is 8.50. The molecule has 0 radical (unpaired) electrons. The van der Waals surface area contributed by atoms with Crippen LogP contribution in [0.5, 0.6) is 5.75 Å². The van der Waals surface area contributed by atoms with Crippen molar-refractivity contribution in [3.63, 3.8) is 0 Å². The Labute approximate surface area is 135 Å². The van der Waals surface area contributed by atoms with Crippen molar-refractivity contribution < 1.29 is 5.11 Å². The lowest BCUT2D eigenvalue weighted by molar-refractivity contribution is 0.467. The molecule has 0 spiro atoms. The van der Waals surface area contributed by atoms with Crippen LogP contribution in [0.2, 0.25) is 0 Å². The predicted octanol–water partition coefficient (Wildman–Crippen LogP) is 5.74. The molecule has 0 aliphatic rings. The van der Waals surface area contributed by atoms with Gasteiger partial charge >= 0.3 is 0 Å². The maximum Gasteiger partial charge on any atom is 0.119 e. The standard InChI is InChI=1S/C21H28O/c1-17(2)10-5-3-8-13-19-14-9-15-21(22)20(19)16-18-11-6-4-7-12-18/h4,6-7,9,11-12,14-15,17,22H,3,5,8,10,13,16H2,1-2H3. The third-order valence-corrected chi connectivity index (χ3v) is 4.20. The summed E-state index contributed by atoms with van der Waals surface area (Å²) in [6.45, 7) is 4.57. The van der Waals surface area contributed by atoms with E-state index in [9.17, 15) is 5.11 Å². The molecule has 1 N–H and O–H groups in total. The van der Waals surface area contributed by atoms with Crippen LogP contribution in [0.25, 0.3) is 0 Å². The van der Waals surface area contributed by atoms with Gasteiger partial charge in [0, 0.05) is 12.0 Å². The summed E-state index contributed by atoms with van der Waals surface area (Å²) >= 11 is 0. The first kappa shape index (κ1) is 16.6. The largest absolute Gasteiger partial charge is 0.508 e. The second-order valence-corrected chi connectivity index (χ2v) is 6.57. The summed E-state index contributed by atoms with van der Waals surface area (Å²) in [5.41, 5.74) is 3.65. The van der Waals surface area contributed by atoms with Crippen LogP contribution in [-0.4, -0.2) is 5.11 Å². The number of benzene rings is 2. The fourth-order valence-electron chi connectivity index (χ4n) is 2.90. The zero-order valence-electron chi connectivity index (χ0n) is 13.9. The highest BCUT2D eigenvalue weighted by atomic mass is 16.3. The normalized spacial score (nSPS) is 11.0. The van der Waals surface area contributed by atoms with Gasteiger partial charge in [-0.1, -0.05) is 75.6 Å². The summed E-state index contributed by atoms with van der Waals surface area (Å²) in [6.07, 6.45) is 6.99. The molecule has 0 saturated heterocycles. The van der Waals surface area contributed by atoms with E-state index in [-0.39, 0.29) is 0 Å². The summed E-state index contributed by atoms with van der Waals surface area (Å²) in [7, 11) is 0. The molecule has 0 atom stereocenters. The van der Waals surface area contributed by atoms with Crippen LogP contribution in [0, 0.1) is 5.92 Å². The van der Waals surface area contributed by atoms with E-state index in [0.29, 0.717) is 5.75 Å². The number of aromatic hydroxyl groups is 1. The summed E-state index contributed by atoms with van der Waals surface area (Å²) in [4.78, 5) is 0. The molecule has 118 valence electrons. The molecule has 0 amide bonds. The van der Waals surface area contributed by atoms with Crippen LogP contribution < -0.4 is 0 Å². The van der Waals surface area contributed by atoms with E-state index in [0.717, 1.165) is 24.3 Å². The lowest BCUT2D eigenvalue weighted by Gasteiger charge is -2.12. The Morgan fingerprint density at radius 1 is 0.864 bits per heavy atom. The Morgan fingerprint density at radius 2 is 1.64 bits per heavy atom. The third kappa shape index (κ3) is 5.22. The smallest absolute Gasteiger partial charge is 0.119 e. The molecule has 0 fully saturated rings. The zero-order valence-corrected chi connectivity index (χ0v) is 13.9. The molecule has 0 heterocycles. The van der Waals surface area contributed by atoms with Crippen molar-refractivity contribution in [1.82, 2.24) is 0 Å². The van der Waals surface area contributed by atoms with Crippen molar-refractivity contribution in [2.45, 2.75) is 52.4 Å². The predicted molar refractivity (Wildman–Crippen MR) is 94.4 cm³/mol. The van der Waals surface area contributed by atoms with Gasteiger partial charge in [0.2, 0.25) is 0 Å². The van der Waals surface area contributed by atoms with Crippen molar-refractivity contribution in [2.24, 2.45) is 5.92 Å². The number of phenolic OH excluding ortho intramolecular Hbond substituents is 1. The molecule has 0 saturated carbocycles. The molecule has 2 rings (SSSR count). The van der Waals surface area contributed by atoms with E-state index in [2.05, 4.69) is 44.2 Å². The van der Waals surface area contributed by atoms with E-state index in [1.165, 1.54) is 36.8 Å². The monoisotopic (exact) mass is 296 g/mol. The number of hydrogen-bond donors (Lipinski definition) is 1. The Hall–Kier alpha value is -1.76. The number of aryl methyl sites for hydroxylation is 1. The van der Waals surface area contributed by atoms with Crippen LogP contribution in [0.15, 0.2) is 48.5 Å². The van der Waals surface area contributed by atoms with Gasteiger partial charge in [-0.05, 0) is 36.0 Å². The van der Waals surface area contributed by atoms with Crippen molar-refractivity contribution in [2.75, 3.05) is 0 Å². The molecule has 0 aliphatic carbocycles. The van der Waals surface area contributed by atoms with Crippen molar-refractivity contribution in [1.29, 1.82) is 0 Å². The minimum atomic E-state index is 0.434. The molecule has 1 heteroatoms. The van der Waals surface area contributed by atoms with Gasteiger partial charge in [-0.15, -0.1) is 0 Å². The van der Waals surface area contributed by atoms with Crippen molar-refractivity contribution >= 4 is 0 Å². The minimum absolute atomic E-state index is 0.434. The van der Waals surface area contributed by atoms with Crippen LogP contribution in [-0.2, 0) is 12.8 Å². The van der Waals surface area contributed by atoms with E-state index >= 15 is 0 Å². The topological polar surface area (TPSA) is 20.2 Å². The first-order valence-corrected chi connectivity index (χ1v) is 8.50. The number of phenols is 1. The first-order chi connectivity index (χ1) is 10.7. The average molecular weight is 296 g/mol. The zero-order chi connectivity index (χ0) is 15.8. The summed E-state index contributed by atoms with van der Waals surface area (Å²) < 4.78 is 0. The lowest BCUT2D eigenvalue weighted by atomic mass is 9.94. The van der Waals surface area contributed by atoms with Crippen LogP contribution in [0.3, 0.4) is 0 Å². The highest BCUT2D eigenvalue weighted by Crippen LogP contribution is 2.26. The van der Waals surface area contributed by atoms with Gasteiger partial charge in [0.1, 0.15) is 5.75 Å². The fourth-order valence-corrected chi connectivity index (χ4v) is 2.90. The highest BCUT2D eigenvalue weighted by molar-refractivity contribution is 5.42. The molecule has 2 aromatic carbocycles. The number of rotatable bonds is 8. The van der Waals surface area contributed by atoms with Gasteiger partial charge in [0.15, 0.2) is 0 Å². The van der Waals surface area contributed by atoms with E-state index in [1.807, 2.05) is 12.1 Å². The Bertz CT molecular complexity index is 557. The Balaban J connectivity index is 1.97. The molecule has 0 unspecified atom stereocenters. The Kier molecular flexibility index (Phi) is 6.51. The van der Waals surface area contributed by atoms with Crippen molar-refractivity contribution in [3.05, 3.63) is 65.2 Å². The molecule has 0 aliphatic heterocycles. The van der Waals surface area contributed by atoms with Gasteiger partial charge in [-0.3, -0.25) is 0 Å². The van der Waals surface area contributed by atoms with Gasteiger partial charge in [-0.25, -0.2) is 0 Å². The van der Waals surface area contributed by atoms with Gasteiger partial charge in [-0.2, -0.15) is 0 Å². The lowest BCUT2D eigenvalue weighted by Crippen LogP contribution is -1.97. The molecule has 22 heavy (non-hydrogen) atoms. The molecule has 0 bridgehead atoms. The summed E-state index contributed by atoms with van der Waals surface area (Å²) in [6, 6.07) is 16.3. The Morgan fingerprint density at radius 3 is 2.36 bits per heavy atom. The van der Waals surface area contributed by atoms with E-state index in [1.54, 1.807) is 6.07 Å². The molecular formula is C21H28O. The van der Waals surface area contributed by atoms with E-state index in [4.69, 9.17) is 0 Å². The van der Waals surface area contributed by atoms with Crippen LogP contribution in [0.4, 0.5) is 0 Å². The SMILES string of the molecule is CC(C)CCCCCc1cccc(O)c1Cc1ccccc1. The number of hydrogen-bond acceptors (Lipinski definition) is 1. The van der Waals surface area contributed by atoms with Crippen LogP contribution in [0.1, 0.15) is 56.2 Å². The summed E-state index contributed by atoms with van der Waals surface area (Å²) in [5, 5.41) is 10.2. The minimum Gasteiger partial charge on any atom is -0.508 e. The van der Waals surface area contributed by atoms with Crippen molar-refractivity contribution in [3.8, 4) is 5.75 Å². The quantitative estimate of drug-likeness (QED) is 0.616. The second-order valence-electron chi connectivity index (χ2n) is 6.57. The van der Waals surface area contributed by atoms with Gasteiger partial charge in [0.25, 0.3) is 0 Å². The maximum atomic E-state index is 10.2. The second kappa shape index (κ2) is 8.63. The molecule has 2 aromatic rings. The van der Waals surface area contributed by atoms with Gasteiger partial charge in [0.05, 0.1) is 0 Å². The summed E-state index contributed by atoms with van der Waals surface area (Å²) in [5.74, 6) is 1.23. The molecule has 1 nitrogen and oxygen atoms in total.